The summed E-state index contributed by atoms with van der Waals surface area (Å²) in [6, 6.07) is 7.38. The zero-order valence-electron chi connectivity index (χ0n) is 19.2. The number of carbonyl (C=O) groups is 2. The number of nitrogens with two attached hydrogens (primary N) is 1. The Hall–Kier alpha value is -3.14. The van der Waals surface area contributed by atoms with Crippen LogP contribution < -0.4 is 16.4 Å². The Morgan fingerprint density at radius 2 is 1.79 bits per heavy atom. The van der Waals surface area contributed by atoms with Crippen LogP contribution in [0, 0.1) is 0 Å². The van der Waals surface area contributed by atoms with Crippen LogP contribution >= 0.6 is 0 Å². The molecule has 4 rings (SSSR count). The van der Waals surface area contributed by atoms with Crippen LogP contribution in [0.15, 0.2) is 30.6 Å². The molecule has 0 radical (unpaired) electrons. The van der Waals surface area contributed by atoms with Crippen LogP contribution in [0.5, 0.6) is 0 Å². The normalized spacial score (nSPS) is 13.5. The van der Waals surface area contributed by atoms with Crippen LogP contribution in [-0.4, -0.2) is 84.9 Å². The summed E-state index contributed by atoms with van der Waals surface area (Å²) in [4.78, 5) is 38.7. The van der Waals surface area contributed by atoms with Crippen molar-refractivity contribution in [3.8, 4) is 0 Å². The molecule has 0 bridgehead atoms. The van der Waals surface area contributed by atoms with Gasteiger partial charge in [0.05, 0.1) is 5.52 Å². The first-order chi connectivity index (χ1) is 16.0. The smallest absolute Gasteiger partial charge is 0.261 e. The highest BCUT2D eigenvalue weighted by Gasteiger charge is 2.33. The Balaban J connectivity index is 1.67. The Bertz CT molecular complexity index is 1180. The van der Waals surface area contributed by atoms with Crippen molar-refractivity contribution in [3.05, 3.63) is 41.7 Å². The van der Waals surface area contributed by atoms with Crippen molar-refractivity contribution in [2.45, 2.75) is 12.8 Å². The van der Waals surface area contributed by atoms with Crippen molar-refractivity contribution in [1.82, 2.24) is 25.1 Å². The number of imide groups is 1. The van der Waals surface area contributed by atoms with Gasteiger partial charge in [0.25, 0.3) is 11.8 Å². The highest BCUT2D eigenvalue weighted by Crippen LogP contribution is 2.36. The van der Waals surface area contributed by atoms with E-state index in [0.29, 0.717) is 42.0 Å². The maximum Gasteiger partial charge on any atom is 0.261 e. The maximum atomic E-state index is 13.4. The lowest BCUT2D eigenvalue weighted by atomic mass is 9.92. The number of hydrogen-bond acceptors (Lipinski definition) is 8. The lowest BCUT2D eigenvalue weighted by Gasteiger charge is -2.28. The number of anilines is 1. The van der Waals surface area contributed by atoms with Crippen molar-refractivity contribution in [2.24, 2.45) is 5.73 Å². The summed E-state index contributed by atoms with van der Waals surface area (Å²) in [5.74, 6) is 0.162. The second-order valence-corrected chi connectivity index (χ2v) is 8.51. The summed E-state index contributed by atoms with van der Waals surface area (Å²) in [5, 5.41) is 9.00. The number of aromatic nitrogens is 2. The Labute approximate surface area is 193 Å². The summed E-state index contributed by atoms with van der Waals surface area (Å²) in [5.41, 5.74) is 7.31. The van der Waals surface area contributed by atoms with Gasteiger partial charge in [0.2, 0.25) is 0 Å². The molecule has 0 saturated carbocycles. The number of fused-ring (bicyclic) bond motifs is 2. The molecule has 9 heteroatoms. The van der Waals surface area contributed by atoms with Gasteiger partial charge in [-0.3, -0.25) is 14.5 Å². The first kappa shape index (κ1) is 23.0. The highest BCUT2D eigenvalue weighted by atomic mass is 16.2. The Morgan fingerprint density at radius 1 is 1.00 bits per heavy atom. The molecule has 0 aliphatic carbocycles. The standard InChI is InChI=1S/C24H31N7O2/c1-30(2)12-13-31-23(32)17-7-3-6-16-20(17)18(24(31)33)14-19-21(16)28-15-29-22(19)27-11-5-10-26-9-4-8-25/h3,6-7,14-15,26H,4-5,8-13,25H2,1-2H3,(H,27,28,29). The van der Waals surface area contributed by atoms with Gasteiger partial charge < -0.3 is 21.3 Å². The average molecular weight is 450 g/mol. The van der Waals surface area contributed by atoms with Crippen LogP contribution in [0.3, 0.4) is 0 Å². The number of amides is 2. The molecule has 1 aromatic heterocycles. The van der Waals surface area contributed by atoms with Gasteiger partial charge in [-0.15, -0.1) is 0 Å². The zero-order valence-corrected chi connectivity index (χ0v) is 19.2. The van der Waals surface area contributed by atoms with Crippen molar-refractivity contribution in [3.63, 3.8) is 0 Å². The lowest BCUT2D eigenvalue weighted by molar-refractivity contribution is 0.0601. The third-order valence-electron chi connectivity index (χ3n) is 5.86. The predicted molar refractivity (Wildman–Crippen MR) is 131 cm³/mol. The van der Waals surface area contributed by atoms with Gasteiger partial charge in [-0.1, -0.05) is 12.1 Å². The van der Waals surface area contributed by atoms with Gasteiger partial charge in [0, 0.05) is 46.9 Å². The van der Waals surface area contributed by atoms with E-state index in [9.17, 15) is 9.59 Å². The largest absolute Gasteiger partial charge is 0.369 e. The average Bonchev–Trinajstić information content (AvgIpc) is 2.81. The fourth-order valence-corrected chi connectivity index (χ4v) is 4.15. The van der Waals surface area contributed by atoms with E-state index in [1.54, 1.807) is 6.07 Å². The SMILES string of the molecule is CN(C)CCN1C(=O)c2cccc3c2c(cc2c(NCCCNCCCN)ncnc23)C1=O. The minimum atomic E-state index is -0.272. The van der Waals surface area contributed by atoms with E-state index in [0.717, 1.165) is 48.8 Å². The topological polar surface area (TPSA) is 116 Å². The summed E-state index contributed by atoms with van der Waals surface area (Å²) in [6.45, 7) is 4.16. The van der Waals surface area contributed by atoms with E-state index in [4.69, 9.17) is 5.73 Å². The van der Waals surface area contributed by atoms with E-state index in [-0.39, 0.29) is 11.8 Å². The molecular weight excluding hydrogens is 418 g/mol. The Morgan fingerprint density at radius 3 is 2.58 bits per heavy atom. The summed E-state index contributed by atoms with van der Waals surface area (Å²) in [7, 11) is 3.84. The van der Waals surface area contributed by atoms with Gasteiger partial charge in [-0.25, -0.2) is 9.97 Å². The van der Waals surface area contributed by atoms with Gasteiger partial charge in [-0.2, -0.15) is 0 Å². The molecular formula is C24H31N7O2. The van der Waals surface area contributed by atoms with Gasteiger partial charge >= 0.3 is 0 Å². The molecule has 1 aliphatic heterocycles. The molecule has 2 heterocycles. The zero-order chi connectivity index (χ0) is 23.4. The number of likely N-dealkylation sites (N-methyl/N-ethyl adjacent to an activating group) is 1. The van der Waals surface area contributed by atoms with Crippen molar-refractivity contribution in [1.29, 1.82) is 0 Å². The van der Waals surface area contributed by atoms with Crippen LogP contribution in [0.4, 0.5) is 5.82 Å². The molecule has 33 heavy (non-hydrogen) atoms. The monoisotopic (exact) mass is 449 g/mol. The minimum absolute atomic E-state index is 0.256. The quantitative estimate of drug-likeness (QED) is 0.230. The lowest BCUT2D eigenvalue weighted by Crippen LogP contribution is -2.43. The Kier molecular flexibility index (Phi) is 7.12. The van der Waals surface area contributed by atoms with E-state index in [1.165, 1.54) is 11.2 Å². The van der Waals surface area contributed by atoms with Crippen LogP contribution in [0.2, 0.25) is 0 Å². The molecule has 0 spiro atoms. The van der Waals surface area contributed by atoms with E-state index < -0.39 is 0 Å². The molecule has 174 valence electrons. The summed E-state index contributed by atoms with van der Waals surface area (Å²) >= 11 is 0. The fourth-order valence-electron chi connectivity index (χ4n) is 4.15. The van der Waals surface area contributed by atoms with Crippen LogP contribution in [-0.2, 0) is 0 Å². The summed E-state index contributed by atoms with van der Waals surface area (Å²) in [6.07, 6.45) is 3.41. The predicted octanol–water partition coefficient (Wildman–Crippen LogP) is 1.68. The highest BCUT2D eigenvalue weighted by molar-refractivity contribution is 6.29. The number of carbonyl (C=O) groups excluding carboxylic acids is 2. The van der Waals surface area contributed by atoms with Gasteiger partial charge in [-0.05, 0) is 58.7 Å². The van der Waals surface area contributed by atoms with Crippen LogP contribution in [0.25, 0.3) is 21.7 Å². The second-order valence-electron chi connectivity index (χ2n) is 8.51. The molecule has 0 atom stereocenters. The van der Waals surface area contributed by atoms with Crippen molar-refractivity contribution in [2.75, 3.05) is 58.7 Å². The molecule has 1 aliphatic rings. The van der Waals surface area contributed by atoms with Gasteiger partial charge in [0.1, 0.15) is 12.1 Å². The van der Waals surface area contributed by atoms with E-state index in [2.05, 4.69) is 20.6 Å². The molecule has 9 nitrogen and oxygen atoms in total. The number of nitrogens with zero attached hydrogens (tertiary/aromatic N) is 4. The first-order valence-electron chi connectivity index (χ1n) is 11.4. The number of rotatable bonds is 11. The summed E-state index contributed by atoms with van der Waals surface area (Å²) < 4.78 is 0. The van der Waals surface area contributed by atoms with Crippen molar-refractivity contribution >= 4 is 39.3 Å². The molecule has 2 amide bonds. The van der Waals surface area contributed by atoms with Crippen molar-refractivity contribution < 1.29 is 9.59 Å². The third kappa shape index (κ3) is 4.66. The third-order valence-corrected chi connectivity index (χ3v) is 5.86. The molecule has 0 unspecified atom stereocenters. The number of benzene rings is 2. The number of hydrogen-bond donors (Lipinski definition) is 3. The van der Waals surface area contributed by atoms with E-state index >= 15 is 0 Å². The first-order valence-corrected chi connectivity index (χ1v) is 11.4. The fraction of sp³-hybridized carbons (Fsp3) is 0.417. The van der Waals surface area contributed by atoms with Gasteiger partial charge in [0.15, 0.2) is 0 Å². The number of nitrogens with one attached hydrogen (secondary N) is 2. The maximum absolute atomic E-state index is 13.4. The molecule has 3 aromatic rings. The molecule has 0 saturated heterocycles. The van der Waals surface area contributed by atoms with Crippen LogP contribution in [0.1, 0.15) is 33.6 Å². The van der Waals surface area contributed by atoms with E-state index in [1.807, 2.05) is 37.2 Å². The second kappa shape index (κ2) is 10.2. The molecule has 4 N–H and O–H groups in total. The molecule has 2 aromatic carbocycles. The minimum Gasteiger partial charge on any atom is -0.369 e. The molecule has 0 fully saturated rings.